The molecule has 0 unspecified atom stereocenters. The van der Waals surface area contributed by atoms with E-state index in [1.165, 1.54) is 0 Å². The largest absolute Gasteiger partial charge is 0.377 e. The van der Waals surface area contributed by atoms with Gasteiger partial charge < -0.3 is 4.74 Å². The van der Waals surface area contributed by atoms with Crippen molar-refractivity contribution in [2.24, 2.45) is 0 Å². The molecule has 1 aliphatic rings. The van der Waals surface area contributed by atoms with Crippen LogP contribution in [0.3, 0.4) is 0 Å². The number of benzene rings is 2. The van der Waals surface area contributed by atoms with Gasteiger partial charge in [-0.3, -0.25) is 0 Å². The molecule has 2 aromatic rings. The lowest BCUT2D eigenvalue weighted by Gasteiger charge is -2.23. The summed E-state index contributed by atoms with van der Waals surface area (Å²) in [6, 6.07) is 13.3. The molecule has 1 heterocycles. The minimum absolute atomic E-state index is 0.154. The number of hydrogen-bond donors (Lipinski definition) is 0. The molecule has 0 aromatic heterocycles. The van der Waals surface area contributed by atoms with Gasteiger partial charge in [-0.2, -0.15) is 0 Å². The Morgan fingerprint density at radius 3 is 2.62 bits per heavy atom. The van der Waals surface area contributed by atoms with Gasteiger partial charge in [-0.25, -0.2) is 8.42 Å². The molecule has 3 nitrogen and oxygen atoms in total. The number of sulfone groups is 1. The van der Waals surface area contributed by atoms with E-state index in [1.54, 1.807) is 6.07 Å². The molecule has 1 fully saturated rings. The molecule has 0 radical (unpaired) electrons. The molecule has 0 N–H and O–H groups in total. The summed E-state index contributed by atoms with van der Waals surface area (Å²) in [5.41, 5.74) is 0. The van der Waals surface area contributed by atoms with Crippen molar-refractivity contribution in [2.75, 3.05) is 6.61 Å². The third-order valence-corrected chi connectivity index (χ3v) is 7.17. The number of fused-ring (bicyclic) bond motifs is 1. The molecule has 4 heteroatoms. The molecular formula is C20H26O3S. The number of ether oxygens (including phenoxy) is 1. The number of hydrogen-bond acceptors (Lipinski definition) is 3. The van der Waals surface area contributed by atoms with E-state index in [2.05, 4.69) is 6.92 Å². The van der Waals surface area contributed by atoms with E-state index in [0.29, 0.717) is 17.9 Å². The summed E-state index contributed by atoms with van der Waals surface area (Å²) < 4.78 is 32.3. The van der Waals surface area contributed by atoms with Crippen molar-refractivity contribution >= 4 is 20.6 Å². The topological polar surface area (TPSA) is 43.4 Å². The molecule has 0 aliphatic carbocycles. The zero-order valence-corrected chi connectivity index (χ0v) is 15.1. The molecule has 0 spiro atoms. The van der Waals surface area contributed by atoms with E-state index in [0.717, 1.165) is 42.9 Å². The molecule has 1 saturated heterocycles. The third kappa shape index (κ3) is 3.65. The molecule has 0 saturated carbocycles. The maximum atomic E-state index is 13.3. The van der Waals surface area contributed by atoms with Gasteiger partial charge in [0.05, 0.1) is 16.2 Å². The first-order chi connectivity index (χ1) is 11.6. The summed E-state index contributed by atoms with van der Waals surface area (Å²) in [5.74, 6) is 0. The van der Waals surface area contributed by atoms with E-state index in [-0.39, 0.29) is 6.10 Å². The van der Waals surface area contributed by atoms with E-state index < -0.39 is 15.1 Å². The van der Waals surface area contributed by atoms with Gasteiger partial charge in [0.1, 0.15) is 0 Å². The monoisotopic (exact) mass is 346 g/mol. The van der Waals surface area contributed by atoms with Crippen LogP contribution in [0.15, 0.2) is 47.4 Å². The first-order valence-corrected chi connectivity index (χ1v) is 10.5. The molecule has 3 rings (SSSR count). The highest BCUT2D eigenvalue weighted by Crippen LogP contribution is 2.30. The second-order valence-corrected chi connectivity index (χ2v) is 8.81. The lowest BCUT2D eigenvalue weighted by Crippen LogP contribution is -2.34. The minimum Gasteiger partial charge on any atom is -0.377 e. The summed E-state index contributed by atoms with van der Waals surface area (Å²) in [6.45, 7) is 2.82. The molecule has 2 aromatic carbocycles. The van der Waals surface area contributed by atoms with Crippen LogP contribution in [-0.4, -0.2) is 26.4 Å². The summed E-state index contributed by atoms with van der Waals surface area (Å²) in [5, 5.41) is 1.61. The van der Waals surface area contributed by atoms with E-state index in [4.69, 9.17) is 4.74 Å². The predicted molar refractivity (Wildman–Crippen MR) is 98.0 cm³/mol. The maximum Gasteiger partial charge on any atom is 0.183 e. The third-order valence-electron chi connectivity index (χ3n) is 4.92. The Balaban J connectivity index is 1.93. The molecular weight excluding hydrogens is 320 g/mol. The van der Waals surface area contributed by atoms with Crippen molar-refractivity contribution in [1.82, 2.24) is 0 Å². The van der Waals surface area contributed by atoms with Gasteiger partial charge >= 0.3 is 0 Å². The van der Waals surface area contributed by atoms with E-state index in [9.17, 15) is 8.42 Å². The Morgan fingerprint density at radius 1 is 1.12 bits per heavy atom. The summed E-state index contributed by atoms with van der Waals surface area (Å²) in [4.78, 5) is 0.429. The fraction of sp³-hybridized carbons (Fsp3) is 0.500. The SMILES string of the molecule is CCCCC[C@@H]([C@@H]1CCCO1)S(=O)(=O)c1ccc2ccccc2c1. The smallest absolute Gasteiger partial charge is 0.183 e. The zero-order chi connectivity index (χ0) is 17.0. The first-order valence-electron chi connectivity index (χ1n) is 8.97. The Bertz CT molecular complexity index is 776. The van der Waals surface area contributed by atoms with Crippen molar-refractivity contribution in [2.45, 2.75) is 61.7 Å². The molecule has 0 amide bonds. The standard InChI is InChI=1S/C20H26O3S/c1-2-3-4-11-20(19-10-7-14-23-19)24(21,22)18-13-12-16-8-5-6-9-17(16)15-18/h5-6,8-9,12-13,15,19-20H,2-4,7,10-11,14H2,1H3/t19-,20-/m0/s1. The van der Waals surface area contributed by atoms with Crippen LogP contribution in [0.1, 0.15) is 45.4 Å². The van der Waals surface area contributed by atoms with Crippen molar-refractivity contribution in [3.8, 4) is 0 Å². The van der Waals surface area contributed by atoms with E-state index in [1.807, 2.05) is 36.4 Å². The zero-order valence-electron chi connectivity index (χ0n) is 14.3. The van der Waals surface area contributed by atoms with Crippen LogP contribution in [0, 0.1) is 0 Å². The highest BCUT2D eigenvalue weighted by Gasteiger charge is 2.36. The van der Waals surface area contributed by atoms with Gasteiger partial charge in [-0.15, -0.1) is 0 Å². The van der Waals surface area contributed by atoms with Crippen LogP contribution in [-0.2, 0) is 14.6 Å². The molecule has 24 heavy (non-hydrogen) atoms. The Morgan fingerprint density at radius 2 is 1.92 bits per heavy atom. The van der Waals surface area contributed by atoms with Crippen molar-refractivity contribution in [3.63, 3.8) is 0 Å². The van der Waals surface area contributed by atoms with Gasteiger partial charge in [0, 0.05) is 6.61 Å². The number of rotatable bonds is 7. The van der Waals surface area contributed by atoms with Crippen molar-refractivity contribution < 1.29 is 13.2 Å². The van der Waals surface area contributed by atoms with Gasteiger partial charge in [-0.05, 0) is 42.2 Å². The molecule has 1 aliphatic heterocycles. The van der Waals surface area contributed by atoms with Crippen LogP contribution < -0.4 is 0 Å². The Kier molecular flexibility index (Phi) is 5.57. The Hall–Kier alpha value is -1.39. The van der Waals surface area contributed by atoms with E-state index >= 15 is 0 Å². The highest BCUT2D eigenvalue weighted by molar-refractivity contribution is 7.92. The highest BCUT2D eigenvalue weighted by atomic mass is 32.2. The second-order valence-electron chi connectivity index (χ2n) is 6.64. The summed E-state index contributed by atoms with van der Waals surface area (Å²) in [7, 11) is -3.38. The Labute approximate surface area is 144 Å². The lowest BCUT2D eigenvalue weighted by molar-refractivity contribution is 0.104. The first kappa shape index (κ1) is 17.4. The molecule has 130 valence electrons. The van der Waals surface area contributed by atoms with Crippen LogP contribution in [0.4, 0.5) is 0 Å². The number of unbranched alkanes of at least 4 members (excludes halogenated alkanes) is 2. The maximum absolute atomic E-state index is 13.3. The molecule has 0 bridgehead atoms. The van der Waals surface area contributed by atoms with Crippen LogP contribution in [0.25, 0.3) is 10.8 Å². The van der Waals surface area contributed by atoms with Gasteiger partial charge in [0.2, 0.25) is 0 Å². The fourth-order valence-electron chi connectivity index (χ4n) is 3.55. The average molecular weight is 346 g/mol. The van der Waals surface area contributed by atoms with Gasteiger partial charge in [0.25, 0.3) is 0 Å². The quantitative estimate of drug-likeness (QED) is 0.680. The van der Waals surface area contributed by atoms with Gasteiger partial charge in [-0.1, -0.05) is 56.5 Å². The lowest BCUT2D eigenvalue weighted by atomic mass is 10.1. The summed E-state index contributed by atoms with van der Waals surface area (Å²) in [6.07, 6.45) is 5.44. The molecule has 2 atom stereocenters. The minimum atomic E-state index is -3.38. The second kappa shape index (κ2) is 7.66. The summed E-state index contributed by atoms with van der Waals surface area (Å²) >= 11 is 0. The van der Waals surface area contributed by atoms with Crippen LogP contribution in [0.5, 0.6) is 0 Å². The predicted octanol–water partition coefficient (Wildman–Crippen LogP) is 4.74. The van der Waals surface area contributed by atoms with Gasteiger partial charge in [0.15, 0.2) is 9.84 Å². The normalized spacial score (nSPS) is 19.6. The van der Waals surface area contributed by atoms with Crippen molar-refractivity contribution in [1.29, 1.82) is 0 Å². The van der Waals surface area contributed by atoms with Crippen molar-refractivity contribution in [3.05, 3.63) is 42.5 Å². The fourth-order valence-corrected chi connectivity index (χ4v) is 5.54. The van der Waals surface area contributed by atoms with Crippen LogP contribution >= 0.6 is 0 Å². The average Bonchev–Trinajstić information content (AvgIpc) is 3.12. The van der Waals surface area contributed by atoms with Crippen LogP contribution in [0.2, 0.25) is 0 Å².